The van der Waals surface area contributed by atoms with Crippen molar-refractivity contribution in [2.24, 2.45) is 0 Å². The molecule has 0 aliphatic carbocycles. The molecule has 2 heterocycles. The molecule has 0 saturated heterocycles. The number of ether oxygens (including phenoxy) is 2. The van der Waals surface area contributed by atoms with E-state index < -0.39 is 0 Å². The lowest BCUT2D eigenvalue weighted by Gasteiger charge is -2.08. The van der Waals surface area contributed by atoms with Crippen molar-refractivity contribution in [2.75, 3.05) is 12.1 Å². The summed E-state index contributed by atoms with van der Waals surface area (Å²) in [6.07, 6.45) is 1.48. The Labute approximate surface area is 121 Å². The van der Waals surface area contributed by atoms with Gasteiger partial charge < -0.3 is 14.8 Å². The lowest BCUT2D eigenvalue weighted by molar-refractivity contribution is 0.174. The Hall–Kier alpha value is -2.60. The molecule has 8 nitrogen and oxygen atoms in total. The minimum absolute atomic E-state index is 0.167. The predicted octanol–water partition coefficient (Wildman–Crippen LogP) is 1.67. The molecule has 1 aromatic heterocycles. The van der Waals surface area contributed by atoms with Gasteiger partial charge in [-0.15, -0.1) is 10.2 Å². The molecule has 3 rings (SSSR count). The summed E-state index contributed by atoms with van der Waals surface area (Å²) in [5, 5.41) is 25.3. The predicted molar refractivity (Wildman–Crippen MR) is 71.7 cm³/mol. The zero-order valence-corrected chi connectivity index (χ0v) is 11.5. The minimum atomic E-state index is 0.167. The molecule has 0 radical (unpaired) electrons. The maximum atomic E-state index is 9.09. The number of benzene rings is 1. The first-order valence-electron chi connectivity index (χ1n) is 5.48. The number of nitriles is 1. The summed E-state index contributed by atoms with van der Waals surface area (Å²) in [6.45, 7) is 0.167. The molecule has 20 heavy (non-hydrogen) atoms. The van der Waals surface area contributed by atoms with Crippen LogP contribution in [0.3, 0.4) is 0 Å². The van der Waals surface area contributed by atoms with Crippen LogP contribution in [-0.2, 0) is 0 Å². The van der Waals surface area contributed by atoms with Crippen LogP contribution >= 0.6 is 15.9 Å². The number of nitrogens with zero attached hydrogens (tertiary/aromatic N) is 4. The summed E-state index contributed by atoms with van der Waals surface area (Å²) in [4.78, 5) is 0. The molecule has 0 unspecified atom stereocenters. The van der Waals surface area contributed by atoms with Crippen LogP contribution in [0.25, 0.3) is 5.57 Å². The molecule has 9 heteroatoms. The summed E-state index contributed by atoms with van der Waals surface area (Å²) in [5.41, 5.74) is 0.901. The van der Waals surface area contributed by atoms with Gasteiger partial charge in [-0.1, -0.05) is 0 Å². The summed E-state index contributed by atoms with van der Waals surface area (Å²) in [7, 11) is 0. The van der Waals surface area contributed by atoms with E-state index in [2.05, 4.69) is 41.9 Å². The molecular formula is C11H7BrN6O2. The van der Waals surface area contributed by atoms with Crippen molar-refractivity contribution in [1.29, 1.82) is 5.26 Å². The van der Waals surface area contributed by atoms with Crippen LogP contribution in [0, 0.1) is 11.3 Å². The van der Waals surface area contributed by atoms with E-state index in [0.717, 1.165) is 4.47 Å². The number of hydrogen-bond acceptors (Lipinski definition) is 7. The highest BCUT2D eigenvalue weighted by Gasteiger charge is 2.20. The largest absolute Gasteiger partial charge is 0.454 e. The summed E-state index contributed by atoms with van der Waals surface area (Å²) >= 11 is 3.41. The van der Waals surface area contributed by atoms with Gasteiger partial charge in [0.25, 0.3) is 0 Å². The third-order valence-electron chi connectivity index (χ3n) is 2.56. The van der Waals surface area contributed by atoms with E-state index in [1.807, 2.05) is 12.1 Å². The van der Waals surface area contributed by atoms with Gasteiger partial charge in [-0.2, -0.15) is 10.5 Å². The van der Waals surface area contributed by atoms with Gasteiger partial charge in [0, 0.05) is 10.7 Å². The van der Waals surface area contributed by atoms with Crippen LogP contribution in [0.5, 0.6) is 11.5 Å². The molecule has 2 N–H and O–H groups in total. The maximum absolute atomic E-state index is 9.09. The quantitative estimate of drug-likeness (QED) is 0.821. The van der Waals surface area contributed by atoms with Crippen LogP contribution in [0.4, 0.5) is 5.69 Å². The van der Waals surface area contributed by atoms with Gasteiger partial charge in [-0.25, -0.2) is 0 Å². The highest BCUT2D eigenvalue weighted by atomic mass is 79.9. The number of aromatic amines is 1. The topological polar surface area (TPSA) is 109 Å². The van der Waals surface area contributed by atoms with E-state index in [1.165, 1.54) is 6.20 Å². The molecule has 2 aromatic rings. The molecule has 0 spiro atoms. The SMILES string of the molecule is N#CC(=CNc1c(Br)ccc2c1OCO2)c1nn[nH]n1. The van der Waals surface area contributed by atoms with E-state index in [0.29, 0.717) is 17.2 Å². The van der Waals surface area contributed by atoms with E-state index in [9.17, 15) is 0 Å². The summed E-state index contributed by atoms with van der Waals surface area (Å²) in [5.74, 6) is 1.43. The highest BCUT2D eigenvalue weighted by molar-refractivity contribution is 9.10. The van der Waals surface area contributed by atoms with Crippen molar-refractivity contribution in [3.05, 3.63) is 28.6 Å². The van der Waals surface area contributed by atoms with Crippen molar-refractivity contribution < 1.29 is 9.47 Å². The first-order valence-corrected chi connectivity index (χ1v) is 6.27. The third-order valence-corrected chi connectivity index (χ3v) is 3.22. The Morgan fingerprint density at radius 1 is 1.50 bits per heavy atom. The maximum Gasteiger partial charge on any atom is 0.231 e. The van der Waals surface area contributed by atoms with Gasteiger partial charge in [0.05, 0.1) is 5.69 Å². The van der Waals surface area contributed by atoms with Gasteiger partial charge >= 0.3 is 0 Å². The molecule has 1 aliphatic rings. The molecule has 0 atom stereocenters. The lowest BCUT2D eigenvalue weighted by atomic mass is 10.2. The average molecular weight is 335 g/mol. The number of hydrogen-bond donors (Lipinski definition) is 2. The molecular weight excluding hydrogens is 328 g/mol. The molecule has 0 amide bonds. The second-order valence-corrected chi connectivity index (χ2v) is 4.56. The zero-order valence-electron chi connectivity index (χ0n) is 9.92. The van der Waals surface area contributed by atoms with Gasteiger partial charge in [0.1, 0.15) is 11.6 Å². The fraction of sp³-hybridized carbons (Fsp3) is 0.0909. The van der Waals surface area contributed by atoms with Crippen molar-refractivity contribution in [1.82, 2.24) is 20.6 Å². The number of allylic oxidation sites excluding steroid dienone is 1. The van der Waals surface area contributed by atoms with E-state index in [1.54, 1.807) is 6.07 Å². The first kappa shape index (κ1) is 12.4. The lowest BCUT2D eigenvalue weighted by Crippen LogP contribution is -1.97. The normalized spacial score (nSPS) is 13.1. The van der Waals surface area contributed by atoms with Crippen LogP contribution in [0.2, 0.25) is 0 Å². The van der Waals surface area contributed by atoms with Crippen molar-refractivity contribution >= 4 is 27.2 Å². The van der Waals surface area contributed by atoms with Crippen LogP contribution in [0.1, 0.15) is 5.82 Å². The van der Waals surface area contributed by atoms with Gasteiger partial charge in [-0.05, 0) is 33.3 Å². The van der Waals surface area contributed by atoms with Crippen molar-refractivity contribution in [2.45, 2.75) is 0 Å². The average Bonchev–Trinajstić information content (AvgIpc) is 3.12. The van der Waals surface area contributed by atoms with Crippen molar-refractivity contribution in [3.8, 4) is 17.6 Å². The Morgan fingerprint density at radius 3 is 3.15 bits per heavy atom. The van der Waals surface area contributed by atoms with Crippen LogP contribution < -0.4 is 14.8 Å². The molecule has 0 fully saturated rings. The Bertz CT molecular complexity index is 706. The van der Waals surface area contributed by atoms with Gasteiger partial charge in [-0.3, -0.25) is 0 Å². The van der Waals surface area contributed by atoms with Crippen LogP contribution in [-0.4, -0.2) is 27.4 Å². The number of nitrogens with one attached hydrogen (secondary N) is 2. The Balaban J connectivity index is 1.93. The molecule has 0 bridgehead atoms. The fourth-order valence-corrected chi connectivity index (χ4v) is 2.08. The smallest absolute Gasteiger partial charge is 0.231 e. The number of rotatable bonds is 3. The number of fused-ring (bicyclic) bond motifs is 1. The molecule has 0 saturated carbocycles. The highest BCUT2D eigenvalue weighted by Crippen LogP contribution is 2.43. The van der Waals surface area contributed by atoms with Crippen LogP contribution in [0.15, 0.2) is 22.8 Å². The number of tetrazole rings is 1. The summed E-state index contributed by atoms with van der Waals surface area (Å²) in [6, 6.07) is 5.61. The molecule has 1 aromatic carbocycles. The summed E-state index contributed by atoms with van der Waals surface area (Å²) < 4.78 is 11.5. The zero-order chi connectivity index (χ0) is 13.9. The number of halogens is 1. The second-order valence-electron chi connectivity index (χ2n) is 3.71. The van der Waals surface area contributed by atoms with Gasteiger partial charge in [0.15, 0.2) is 11.5 Å². The monoisotopic (exact) mass is 334 g/mol. The van der Waals surface area contributed by atoms with E-state index in [4.69, 9.17) is 14.7 Å². The molecule has 100 valence electrons. The Morgan fingerprint density at radius 2 is 2.40 bits per heavy atom. The van der Waals surface area contributed by atoms with Crippen molar-refractivity contribution in [3.63, 3.8) is 0 Å². The van der Waals surface area contributed by atoms with E-state index >= 15 is 0 Å². The fourth-order valence-electron chi connectivity index (χ4n) is 1.65. The molecule has 1 aliphatic heterocycles. The first-order chi connectivity index (χ1) is 9.79. The Kier molecular flexibility index (Phi) is 3.22. The number of anilines is 1. The van der Waals surface area contributed by atoms with E-state index in [-0.39, 0.29) is 18.2 Å². The minimum Gasteiger partial charge on any atom is -0.454 e. The number of aromatic nitrogens is 4. The number of H-pyrrole nitrogens is 1. The third kappa shape index (κ3) is 2.17. The van der Waals surface area contributed by atoms with Gasteiger partial charge in [0.2, 0.25) is 12.6 Å². The standard InChI is InChI=1S/C11H7BrN6O2/c12-7-1-2-8-10(20-5-19-8)9(7)14-4-6(3-13)11-15-17-18-16-11/h1-2,4,14H,5H2,(H,15,16,17,18). The second kappa shape index (κ2) is 5.18.